The summed E-state index contributed by atoms with van der Waals surface area (Å²) in [7, 11) is 0. The quantitative estimate of drug-likeness (QED) is 0.280. The van der Waals surface area contributed by atoms with Crippen molar-refractivity contribution in [3.8, 4) is 5.75 Å². The second-order valence-electron chi connectivity index (χ2n) is 7.60. The van der Waals surface area contributed by atoms with Crippen LogP contribution in [-0.2, 0) is 6.42 Å². The summed E-state index contributed by atoms with van der Waals surface area (Å²) in [5.74, 6) is 1.96. The third-order valence-corrected chi connectivity index (χ3v) is 5.48. The lowest BCUT2D eigenvalue weighted by Gasteiger charge is -2.34. The number of halogens is 1. The number of rotatable bonds is 6. The molecule has 0 amide bonds. The van der Waals surface area contributed by atoms with Crippen molar-refractivity contribution < 1.29 is 4.74 Å². The molecule has 1 saturated heterocycles. The van der Waals surface area contributed by atoms with Crippen LogP contribution >= 0.6 is 24.0 Å². The van der Waals surface area contributed by atoms with Crippen LogP contribution in [0.15, 0.2) is 71.9 Å². The predicted molar refractivity (Wildman–Crippen MR) is 139 cm³/mol. The number of nitrogens with one attached hydrogen (secondary N) is 1. The van der Waals surface area contributed by atoms with Crippen molar-refractivity contribution in [3.63, 3.8) is 0 Å². The van der Waals surface area contributed by atoms with Gasteiger partial charge in [0.05, 0.1) is 5.52 Å². The maximum absolute atomic E-state index is 6.13. The molecule has 31 heavy (non-hydrogen) atoms. The number of pyridine rings is 1. The highest BCUT2D eigenvalue weighted by atomic mass is 127. The standard InChI is InChI=1S/C25H30N4O.HI/c1-2-26-25(28-17-13-21-9-6-8-20-10-7-16-27-24(20)21)29-18-14-23(15-19-29)30-22-11-4-3-5-12-22;/h3-12,16,23H,2,13-15,17-19H2,1H3,(H,26,28);1H. The normalized spacial score (nSPS) is 14.9. The van der Waals surface area contributed by atoms with E-state index in [1.807, 2.05) is 42.6 Å². The van der Waals surface area contributed by atoms with E-state index in [1.165, 1.54) is 10.9 Å². The van der Waals surface area contributed by atoms with E-state index in [0.717, 1.165) is 62.7 Å². The van der Waals surface area contributed by atoms with Gasteiger partial charge in [0, 0.05) is 50.6 Å². The molecule has 0 unspecified atom stereocenters. The van der Waals surface area contributed by atoms with Gasteiger partial charge in [-0.15, -0.1) is 24.0 Å². The minimum Gasteiger partial charge on any atom is -0.490 e. The molecular weight excluding hydrogens is 499 g/mol. The summed E-state index contributed by atoms with van der Waals surface area (Å²) in [4.78, 5) is 11.8. The molecule has 4 rings (SSSR count). The molecule has 1 N–H and O–H groups in total. The highest BCUT2D eigenvalue weighted by molar-refractivity contribution is 14.0. The largest absolute Gasteiger partial charge is 0.490 e. The molecule has 1 aromatic heterocycles. The van der Waals surface area contributed by atoms with Crippen molar-refractivity contribution in [2.24, 2.45) is 4.99 Å². The Labute approximate surface area is 201 Å². The zero-order chi connectivity index (χ0) is 20.6. The van der Waals surface area contributed by atoms with Crippen LogP contribution < -0.4 is 10.1 Å². The Morgan fingerprint density at radius 1 is 1.06 bits per heavy atom. The zero-order valence-electron chi connectivity index (χ0n) is 18.0. The maximum atomic E-state index is 6.13. The number of nitrogens with zero attached hydrogens (tertiary/aromatic N) is 3. The van der Waals surface area contributed by atoms with Crippen LogP contribution in [0, 0.1) is 0 Å². The molecule has 0 saturated carbocycles. The van der Waals surface area contributed by atoms with Crippen molar-refractivity contribution in [2.75, 3.05) is 26.2 Å². The van der Waals surface area contributed by atoms with Crippen LogP contribution in [0.2, 0.25) is 0 Å². The van der Waals surface area contributed by atoms with Gasteiger partial charge >= 0.3 is 0 Å². The molecule has 0 radical (unpaired) electrons. The van der Waals surface area contributed by atoms with Gasteiger partial charge in [0.25, 0.3) is 0 Å². The van der Waals surface area contributed by atoms with Crippen molar-refractivity contribution in [3.05, 3.63) is 72.4 Å². The molecule has 164 valence electrons. The van der Waals surface area contributed by atoms with Gasteiger partial charge in [-0.3, -0.25) is 9.98 Å². The van der Waals surface area contributed by atoms with Crippen LogP contribution in [0.3, 0.4) is 0 Å². The number of hydrogen-bond acceptors (Lipinski definition) is 3. The van der Waals surface area contributed by atoms with E-state index >= 15 is 0 Å². The summed E-state index contributed by atoms with van der Waals surface area (Å²) < 4.78 is 6.13. The Kier molecular flexibility index (Phi) is 8.94. The third kappa shape index (κ3) is 6.32. The van der Waals surface area contributed by atoms with Crippen LogP contribution in [0.25, 0.3) is 10.9 Å². The first-order chi connectivity index (χ1) is 14.8. The van der Waals surface area contributed by atoms with Crippen LogP contribution in [0.5, 0.6) is 5.75 Å². The Balaban J connectivity index is 0.00000272. The van der Waals surface area contributed by atoms with Crippen molar-refractivity contribution in [1.29, 1.82) is 0 Å². The maximum Gasteiger partial charge on any atom is 0.193 e. The van der Waals surface area contributed by atoms with Gasteiger partial charge in [0.2, 0.25) is 0 Å². The van der Waals surface area contributed by atoms with E-state index in [4.69, 9.17) is 9.73 Å². The molecule has 1 aliphatic rings. The first-order valence-electron chi connectivity index (χ1n) is 10.9. The van der Waals surface area contributed by atoms with Gasteiger partial charge in [0.1, 0.15) is 11.9 Å². The number of aromatic nitrogens is 1. The number of benzene rings is 2. The van der Waals surface area contributed by atoms with Gasteiger partial charge in [-0.1, -0.05) is 42.5 Å². The number of aliphatic imine (C=N–C) groups is 1. The average molecular weight is 530 g/mol. The minimum absolute atomic E-state index is 0. The summed E-state index contributed by atoms with van der Waals surface area (Å²) in [5.41, 5.74) is 2.33. The first kappa shape index (κ1) is 23.3. The average Bonchev–Trinajstić information content (AvgIpc) is 2.80. The SMILES string of the molecule is CCNC(=NCCc1cccc2cccnc12)N1CCC(Oc2ccccc2)CC1.I. The van der Waals surface area contributed by atoms with E-state index in [1.54, 1.807) is 0 Å². The number of para-hydroxylation sites is 2. The lowest BCUT2D eigenvalue weighted by atomic mass is 10.1. The number of fused-ring (bicyclic) bond motifs is 1. The molecular formula is C25H31IN4O. The minimum atomic E-state index is 0. The van der Waals surface area contributed by atoms with E-state index in [-0.39, 0.29) is 30.1 Å². The van der Waals surface area contributed by atoms with Crippen molar-refractivity contribution in [1.82, 2.24) is 15.2 Å². The number of piperidine rings is 1. The van der Waals surface area contributed by atoms with Gasteiger partial charge in [-0.05, 0) is 37.1 Å². The van der Waals surface area contributed by atoms with Crippen LogP contribution in [0.1, 0.15) is 25.3 Å². The van der Waals surface area contributed by atoms with Gasteiger partial charge in [0.15, 0.2) is 5.96 Å². The Bertz CT molecular complexity index is 966. The lowest BCUT2D eigenvalue weighted by Crippen LogP contribution is -2.47. The Hall–Kier alpha value is -2.35. The number of guanidine groups is 1. The first-order valence-corrected chi connectivity index (χ1v) is 10.9. The highest BCUT2D eigenvalue weighted by Crippen LogP contribution is 2.19. The molecule has 6 heteroatoms. The fourth-order valence-electron chi connectivity index (χ4n) is 3.95. The second-order valence-corrected chi connectivity index (χ2v) is 7.60. The van der Waals surface area contributed by atoms with Crippen molar-refractivity contribution >= 4 is 40.8 Å². The molecule has 0 spiro atoms. The van der Waals surface area contributed by atoms with Crippen LogP contribution in [0.4, 0.5) is 0 Å². The summed E-state index contributed by atoms with van der Waals surface area (Å²) in [6.07, 6.45) is 5.03. The fourth-order valence-corrected chi connectivity index (χ4v) is 3.95. The molecule has 1 fully saturated rings. The second kappa shape index (κ2) is 11.9. The Morgan fingerprint density at radius 2 is 1.84 bits per heavy atom. The topological polar surface area (TPSA) is 49.8 Å². The molecule has 3 aromatic rings. The third-order valence-electron chi connectivity index (χ3n) is 5.48. The number of likely N-dealkylation sites (tertiary alicyclic amines) is 1. The van der Waals surface area contributed by atoms with E-state index in [9.17, 15) is 0 Å². The van der Waals surface area contributed by atoms with Crippen LogP contribution in [-0.4, -0.2) is 48.1 Å². The van der Waals surface area contributed by atoms with Crippen molar-refractivity contribution in [2.45, 2.75) is 32.3 Å². The predicted octanol–water partition coefficient (Wildman–Crippen LogP) is 4.90. The molecule has 2 aromatic carbocycles. The zero-order valence-corrected chi connectivity index (χ0v) is 20.4. The molecule has 2 heterocycles. The molecule has 0 atom stereocenters. The summed E-state index contributed by atoms with van der Waals surface area (Å²) in [6.45, 7) is 5.65. The number of ether oxygens (including phenoxy) is 1. The lowest BCUT2D eigenvalue weighted by molar-refractivity contribution is 0.129. The van der Waals surface area contributed by atoms with E-state index < -0.39 is 0 Å². The summed E-state index contributed by atoms with van der Waals surface area (Å²) >= 11 is 0. The molecule has 0 bridgehead atoms. The van der Waals surface area contributed by atoms with Gasteiger partial charge in [-0.2, -0.15) is 0 Å². The highest BCUT2D eigenvalue weighted by Gasteiger charge is 2.22. The smallest absolute Gasteiger partial charge is 0.193 e. The monoisotopic (exact) mass is 530 g/mol. The Morgan fingerprint density at radius 3 is 2.61 bits per heavy atom. The fraction of sp³-hybridized carbons (Fsp3) is 0.360. The van der Waals surface area contributed by atoms with Gasteiger partial charge in [-0.25, -0.2) is 0 Å². The van der Waals surface area contributed by atoms with E-state index in [2.05, 4.69) is 46.4 Å². The summed E-state index contributed by atoms with van der Waals surface area (Å²) in [6, 6.07) is 20.6. The summed E-state index contributed by atoms with van der Waals surface area (Å²) in [5, 5.41) is 4.65. The van der Waals surface area contributed by atoms with E-state index in [0.29, 0.717) is 0 Å². The van der Waals surface area contributed by atoms with Gasteiger partial charge < -0.3 is 15.0 Å². The molecule has 1 aliphatic heterocycles. The molecule has 0 aliphatic carbocycles. The number of hydrogen-bond donors (Lipinski definition) is 1. The molecule has 5 nitrogen and oxygen atoms in total.